The van der Waals surface area contributed by atoms with Gasteiger partial charge < -0.3 is 10.6 Å². The second-order valence-corrected chi connectivity index (χ2v) is 4.54. The molecule has 0 saturated carbocycles. The molecule has 18 heavy (non-hydrogen) atoms. The number of halogens is 2. The van der Waals surface area contributed by atoms with Crippen molar-refractivity contribution in [2.24, 2.45) is 0 Å². The first-order valence-corrected chi connectivity index (χ1v) is 6.05. The van der Waals surface area contributed by atoms with E-state index in [1.54, 1.807) is 0 Å². The van der Waals surface area contributed by atoms with Crippen LogP contribution in [0, 0.1) is 11.6 Å². The van der Waals surface area contributed by atoms with Crippen molar-refractivity contribution in [1.29, 1.82) is 0 Å². The lowest BCUT2D eigenvalue weighted by atomic mass is 10.3. The van der Waals surface area contributed by atoms with Gasteiger partial charge in [0.15, 0.2) is 0 Å². The van der Waals surface area contributed by atoms with E-state index in [-0.39, 0.29) is 5.69 Å². The molecule has 1 aromatic carbocycles. The average molecular weight is 268 g/mol. The number of urea groups is 1. The van der Waals surface area contributed by atoms with E-state index in [0.29, 0.717) is 6.54 Å². The van der Waals surface area contributed by atoms with E-state index >= 15 is 0 Å². The Balaban J connectivity index is 1.91. The molecule has 0 aliphatic rings. The van der Waals surface area contributed by atoms with Gasteiger partial charge in [-0.15, -0.1) is 11.3 Å². The highest BCUT2D eigenvalue weighted by Gasteiger charge is 2.07. The zero-order valence-electron chi connectivity index (χ0n) is 9.24. The van der Waals surface area contributed by atoms with Gasteiger partial charge in [-0.05, 0) is 23.6 Å². The molecule has 2 N–H and O–H groups in total. The number of benzene rings is 1. The smallest absolute Gasteiger partial charge is 0.319 e. The standard InChI is InChI=1S/C12H10F2N2OS/c13-8-3-4-11(10(14)6-8)16-12(17)15-7-9-2-1-5-18-9/h1-6H,7H2,(H2,15,16,17). The number of hydrogen-bond acceptors (Lipinski definition) is 2. The summed E-state index contributed by atoms with van der Waals surface area (Å²) >= 11 is 1.51. The predicted octanol–water partition coefficient (Wildman–Crippen LogP) is 3.35. The largest absolute Gasteiger partial charge is 0.333 e. The maximum Gasteiger partial charge on any atom is 0.319 e. The topological polar surface area (TPSA) is 41.1 Å². The highest BCUT2D eigenvalue weighted by atomic mass is 32.1. The van der Waals surface area contributed by atoms with E-state index in [4.69, 9.17) is 0 Å². The summed E-state index contributed by atoms with van der Waals surface area (Å²) in [6.45, 7) is 0.367. The Morgan fingerprint density at radius 1 is 1.28 bits per heavy atom. The van der Waals surface area contributed by atoms with Gasteiger partial charge in [0.1, 0.15) is 11.6 Å². The first-order valence-electron chi connectivity index (χ1n) is 5.17. The third kappa shape index (κ3) is 3.27. The minimum Gasteiger partial charge on any atom is -0.333 e. The van der Waals surface area contributed by atoms with Crippen molar-refractivity contribution in [3.05, 3.63) is 52.2 Å². The Labute approximate surface area is 106 Å². The molecule has 3 nitrogen and oxygen atoms in total. The summed E-state index contributed by atoms with van der Waals surface area (Å²) in [5.74, 6) is -1.49. The monoisotopic (exact) mass is 268 g/mol. The van der Waals surface area contributed by atoms with Crippen LogP contribution in [-0.4, -0.2) is 6.03 Å². The summed E-state index contributed by atoms with van der Waals surface area (Å²) in [7, 11) is 0. The summed E-state index contributed by atoms with van der Waals surface area (Å²) in [6, 6.07) is 6.19. The molecule has 6 heteroatoms. The number of nitrogens with one attached hydrogen (secondary N) is 2. The molecule has 0 aliphatic heterocycles. The fourth-order valence-electron chi connectivity index (χ4n) is 1.34. The lowest BCUT2D eigenvalue weighted by Crippen LogP contribution is -2.28. The zero-order chi connectivity index (χ0) is 13.0. The molecular formula is C12H10F2N2OS. The van der Waals surface area contributed by atoms with Gasteiger partial charge in [0.25, 0.3) is 0 Å². The number of anilines is 1. The van der Waals surface area contributed by atoms with Crippen LogP contribution in [0.5, 0.6) is 0 Å². The van der Waals surface area contributed by atoms with Crippen LogP contribution in [0.3, 0.4) is 0 Å². The lowest BCUT2D eigenvalue weighted by Gasteiger charge is -2.07. The summed E-state index contributed by atoms with van der Waals surface area (Å²) in [6.07, 6.45) is 0. The Morgan fingerprint density at radius 2 is 2.11 bits per heavy atom. The Hall–Kier alpha value is -1.95. The molecule has 94 valence electrons. The van der Waals surface area contributed by atoms with Gasteiger partial charge in [-0.25, -0.2) is 13.6 Å². The highest BCUT2D eigenvalue weighted by Crippen LogP contribution is 2.14. The van der Waals surface area contributed by atoms with Crippen molar-refractivity contribution in [2.45, 2.75) is 6.54 Å². The van der Waals surface area contributed by atoms with Crippen molar-refractivity contribution in [1.82, 2.24) is 5.32 Å². The van der Waals surface area contributed by atoms with Gasteiger partial charge in [0.2, 0.25) is 0 Å². The molecule has 1 heterocycles. The second kappa shape index (κ2) is 5.59. The van der Waals surface area contributed by atoms with Gasteiger partial charge >= 0.3 is 6.03 Å². The molecule has 0 radical (unpaired) electrons. The first-order chi connectivity index (χ1) is 8.65. The summed E-state index contributed by atoms with van der Waals surface area (Å²) < 4.78 is 25.9. The van der Waals surface area contributed by atoms with Crippen molar-refractivity contribution >= 4 is 23.1 Å². The normalized spacial score (nSPS) is 10.1. The molecule has 0 aliphatic carbocycles. The predicted molar refractivity (Wildman–Crippen MR) is 66.5 cm³/mol. The van der Waals surface area contributed by atoms with Crippen LogP contribution in [0.2, 0.25) is 0 Å². The fraction of sp³-hybridized carbons (Fsp3) is 0.0833. The molecule has 0 spiro atoms. The van der Waals surface area contributed by atoms with E-state index < -0.39 is 17.7 Å². The van der Waals surface area contributed by atoms with E-state index in [9.17, 15) is 13.6 Å². The van der Waals surface area contributed by atoms with Gasteiger partial charge in [-0.3, -0.25) is 0 Å². The SMILES string of the molecule is O=C(NCc1cccs1)Nc1ccc(F)cc1F. The fourth-order valence-corrected chi connectivity index (χ4v) is 1.98. The molecule has 2 amide bonds. The van der Waals surface area contributed by atoms with Crippen LogP contribution in [0.1, 0.15) is 4.88 Å². The van der Waals surface area contributed by atoms with Gasteiger partial charge in [-0.2, -0.15) is 0 Å². The summed E-state index contributed by atoms with van der Waals surface area (Å²) in [5.41, 5.74) is -0.0555. The zero-order valence-corrected chi connectivity index (χ0v) is 10.1. The number of rotatable bonds is 3. The highest BCUT2D eigenvalue weighted by molar-refractivity contribution is 7.09. The number of carbonyl (C=O) groups excluding carboxylic acids is 1. The Kier molecular flexibility index (Phi) is 3.88. The van der Waals surface area contributed by atoms with Crippen LogP contribution in [-0.2, 0) is 6.54 Å². The summed E-state index contributed by atoms with van der Waals surface area (Å²) in [5, 5.41) is 6.79. The number of carbonyl (C=O) groups is 1. The third-order valence-corrected chi connectivity index (χ3v) is 3.06. The van der Waals surface area contributed by atoms with Gasteiger partial charge in [0.05, 0.1) is 12.2 Å². The molecule has 2 rings (SSSR count). The van der Waals surface area contributed by atoms with Crippen molar-refractivity contribution < 1.29 is 13.6 Å². The number of amides is 2. The average Bonchev–Trinajstić information content (AvgIpc) is 2.83. The van der Waals surface area contributed by atoms with Crippen LogP contribution in [0.15, 0.2) is 35.7 Å². The number of hydrogen-bond donors (Lipinski definition) is 2. The second-order valence-electron chi connectivity index (χ2n) is 3.51. The van der Waals surface area contributed by atoms with Crippen molar-refractivity contribution in [3.8, 4) is 0 Å². The first kappa shape index (κ1) is 12.5. The quantitative estimate of drug-likeness (QED) is 0.880. The molecular weight excluding hydrogens is 258 g/mol. The Bertz CT molecular complexity index is 543. The van der Waals surface area contributed by atoms with Gasteiger partial charge in [-0.1, -0.05) is 6.07 Å². The maximum atomic E-state index is 13.2. The molecule has 0 atom stereocenters. The molecule has 0 saturated heterocycles. The van der Waals surface area contributed by atoms with Crippen molar-refractivity contribution in [3.63, 3.8) is 0 Å². The van der Waals surface area contributed by atoms with Crippen molar-refractivity contribution in [2.75, 3.05) is 5.32 Å². The van der Waals surface area contributed by atoms with Gasteiger partial charge in [0, 0.05) is 10.9 Å². The van der Waals surface area contributed by atoms with E-state index in [1.165, 1.54) is 17.4 Å². The molecule has 0 unspecified atom stereocenters. The lowest BCUT2D eigenvalue weighted by molar-refractivity contribution is 0.251. The summed E-state index contributed by atoms with van der Waals surface area (Å²) in [4.78, 5) is 12.5. The van der Waals surface area contributed by atoms with Crippen LogP contribution >= 0.6 is 11.3 Å². The van der Waals surface area contributed by atoms with E-state index in [0.717, 1.165) is 17.0 Å². The Morgan fingerprint density at radius 3 is 2.78 bits per heavy atom. The molecule has 0 bridgehead atoms. The molecule has 0 fully saturated rings. The minimum atomic E-state index is -0.804. The van der Waals surface area contributed by atoms with Crippen LogP contribution < -0.4 is 10.6 Å². The van der Waals surface area contributed by atoms with Crippen LogP contribution in [0.4, 0.5) is 19.3 Å². The molecule has 1 aromatic heterocycles. The van der Waals surface area contributed by atoms with E-state index in [1.807, 2.05) is 17.5 Å². The van der Waals surface area contributed by atoms with E-state index in [2.05, 4.69) is 10.6 Å². The minimum absolute atomic E-state index is 0.0555. The number of thiophene rings is 1. The third-order valence-electron chi connectivity index (χ3n) is 2.18. The van der Waals surface area contributed by atoms with Crippen LogP contribution in [0.25, 0.3) is 0 Å². The molecule has 2 aromatic rings. The maximum absolute atomic E-state index is 13.2.